The van der Waals surface area contributed by atoms with E-state index in [9.17, 15) is 0 Å². The van der Waals surface area contributed by atoms with Gasteiger partial charge in [-0.25, -0.2) is 0 Å². The predicted octanol–water partition coefficient (Wildman–Crippen LogP) is 3.93. The molecule has 1 aliphatic rings. The average Bonchev–Trinajstić information content (AvgIpc) is 3.08. The second-order valence-electron chi connectivity index (χ2n) is 6.19. The molecule has 1 aromatic carbocycles. The Balaban J connectivity index is 1.51. The molecule has 0 saturated carbocycles. The lowest BCUT2D eigenvalue weighted by Gasteiger charge is -2.36. The number of anilines is 1. The highest BCUT2D eigenvalue weighted by Gasteiger charge is 2.19. The molecule has 0 radical (unpaired) electrons. The van der Waals surface area contributed by atoms with Crippen LogP contribution in [0.1, 0.15) is 10.4 Å². The third-order valence-electron chi connectivity index (χ3n) is 4.55. The molecule has 1 fully saturated rings. The van der Waals surface area contributed by atoms with Gasteiger partial charge in [-0.2, -0.15) is 0 Å². The lowest BCUT2D eigenvalue weighted by Crippen LogP contribution is -2.45. The molecule has 0 atom stereocenters. The predicted molar refractivity (Wildman–Crippen MR) is 98.3 cm³/mol. The zero-order valence-electron chi connectivity index (χ0n) is 13.4. The van der Waals surface area contributed by atoms with Crippen molar-refractivity contribution in [3.8, 4) is 0 Å². The molecule has 3 heterocycles. The summed E-state index contributed by atoms with van der Waals surface area (Å²) in [6.07, 6.45) is 1.94. The normalized spacial score (nSPS) is 16.1. The number of pyridine rings is 1. The third kappa shape index (κ3) is 3.09. The number of benzene rings is 1. The number of hydrogen-bond acceptors (Lipinski definition) is 4. The number of aromatic nitrogens is 1. The van der Waals surface area contributed by atoms with E-state index in [4.69, 9.17) is 0 Å². The van der Waals surface area contributed by atoms with Crippen LogP contribution in [-0.2, 0) is 6.54 Å². The standard InChI is InChI=1S/C19H21N3S/c1-15-4-5-18-17(13-15)19(6-7-20-18)22-10-8-21(9-11-22)14-16-3-2-12-23-16/h2-7,12-13H,8-11,14H2,1H3. The zero-order valence-corrected chi connectivity index (χ0v) is 14.2. The van der Waals surface area contributed by atoms with Crippen molar-refractivity contribution in [2.75, 3.05) is 31.1 Å². The molecule has 2 aromatic heterocycles. The van der Waals surface area contributed by atoms with E-state index in [1.807, 2.05) is 17.5 Å². The van der Waals surface area contributed by atoms with Gasteiger partial charge in [0.15, 0.2) is 0 Å². The Bertz CT molecular complexity index is 789. The molecule has 0 amide bonds. The first-order valence-electron chi connectivity index (χ1n) is 8.15. The number of aryl methyl sites for hydroxylation is 1. The molecule has 4 rings (SSSR count). The number of rotatable bonds is 3. The van der Waals surface area contributed by atoms with Gasteiger partial charge < -0.3 is 4.90 Å². The van der Waals surface area contributed by atoms with Crippen LogP contribution in [0.3, 0.4) is 0 Å². The van der Waals surface area contributed by atoms with Gasteiger partial charge in [0, 0.05) is 54.9 Å². The molecule has 23 heavy (non-hydrogen) atoms. The van der Waals surface area contributed by atoms with Crippen molar-refractivity contribution < 1.29 is 0 Å². The van der Waals surface area contributed by atoms with E-state index < -0.39 is 0 Å². The van der Waals surface area contributed by atoms with Crippen LogP contribution in [0.15, 0.2) is 48.0 Å². The maximum Gasteiger partial charge on any atom is 0.0722 e. The van der Waals surface area contributed by atoms with E-state index in [2.05, 4.69) is 63.5 Å². The van der Waals surface area contributed by atoms with E-state index in [1.165, 1.54) is 21.5 Å². The van der Waals surface area contributed by atoms with Crippen molar-refractivity contribution in [3.63, 3.8) is 0 Å². The largest absolute Gasteiger partial charge is 0.368 e. The molecule has 3 aromatic rings. The van der Waals surface area contributed by atoms with Gasteiger partial charge in [-0.15, -0.1) is 11.3 Å². The van der Waals surface area contributed by atoms with Gasteiger partial charge in [-0.1, -0.05) is 17.7 Å². The molecule has 0 bridgehead atoms. The first-order chi connectivity index (χ1) is 11.3. The minimum atomic E-state index is 1.08. The highest BCUT2D eigenvalue weighted by Crippen LogP contribution is 2.27. The van der Waals surface area contributed by atoms with Gasteiger partial charge in [0.1, 0.15) is 0 Å². The van der Waals surface area contributed by atoms with Crippen molar-refractivity contribution in [3.05, 3.63) is 58.4 Å². The summed E-state index contributed by atoms with van der Waals surface area (Å²) in [4.78, 5) is 11.0. The van der Waals surface area contributed by atoms with Crippen molar-refractivity contribution in [2.24, 2.45) is 0 Å². The van der Waals surface area contributed by atoms with E-state index in [0.29, 0.717) is 0 Å². The topological polar surface area (TPSA) is 19.4 Å². The van der Waals surface area contributed by atoms with E-state index in [-0.39, 0.29) is 0 Å². The van der Waals surface area contributed by atoms with Gasteiger partial charge >= 0.3 is 0 Å². The first kappa shape index (κ1) is 14.7. The molecule has 118 valence electrons. The van der Waals surface area contributed by atoms with E-state index in [0.717, 1.165) is 38.2 Å². The summed E-state index contributed by atoms with van der Waals surface area (Å²) in [5, 5.41) is 3.44. The molecule has 3 nitrogen and oxygen atoms in total. The second-order valence-corrected chi connectivity index (χ2v) is 7.23. The van der Waals surface area contributed by atoms with Crippen molar-refractivity contribution in [1.29, 1.82) is 0 Å². The van der Waals surface area contributed by atoms with Gasteiger partial charge in [0.05, 0.1) is 5.52 Å². The zero-order chi connectivity index (χ0) is 15.6. The molecule has 0 N–H and O–H groups in total. The van der Waals surface area contributed by atoms with Crippen molar-refractivity contribution in [1.82, 2.24) is 9.88 Å². The average molecular weight is 323 g/mol. The van der Waals surface area contributed by atoms with Crippen LogP contribution >= 0.6 is 11.3 Å². The Hall–Kier alpha value is -1.91. The highest BCUT2D eigenvalue weighted by atomic mass is 32.1. The van der Waals surface area contributed by atoms with E-state index >= 15 is 0 Å². The summed E-state index contributed by atoms with van der Waals surface area (Å²) >= 11 is 1.85. The fourth-order valence-corrected chi connectivity index (χ4v) is 4.04. The quantitative estimate of drug-likeness (QED) is 0.728. The molecule has 0 spiro atoms. The minimum absolute atomic E-state index is 1.08. The second kappa shape index (κ2) is 6.30. The summed E-state index contributed by atoms with van der Waals surface area (Å²) in [5.41, 5.74) is 3.71. The SMILES string of the molecule is Cc1ccc2nccc(N3CCN(Cc4cccs4)CC3)c2c1. The number of piperazine rings is 1. The maximum absolute atomic E-state index is 4.51. The molecular formula is C19H21N3S. The summed E-state index contributed by atoms with van der Waals surface area (Å²) in [6, 6.07) is 13.1. The van der Waals surface area contributed by atoms with Crippen LogP contribution in [0.4, 0.5) is 5.69 Å². The van der Waals surface area contributed by atoms with Crippen LogP contribution in [0.25, 0.3) is 10.9 Å². The smallest absolute Gasteiger partial charge is 0.0722 e. The Kier molecular flexibility index (Phi) is 4.02. The van der Waals surface area contributed by atoms with Crippen LogP contribution in [0.2, 0.25) is 0 Å². The van der Waals surface area contributed by atoms with Crippen LogP contribution in [-0.4, -0.2) is 36.1 Å². The Labute approximate surface area is 141 Å². The lowest BCUT2D eigenvalue weighted by atomic mass is 10.1. The lowest BCUT2D eigenvalue weighted by molar-refractivity contribution is 0.252. The summed E-state index contributed by atoms with van der Waals surface area (Å²) in [7, 11) is 0. The van der Waals surface area contributed by atoms with Crippen molar-refractivity contribution in [2.45, 2.75) is 13.5 Å². The molecule has 1 saturated heterocycles. The van der Waals surface area contributed by atoms with Gasteiger partial charge in [-0.3, -0.25) is 9.88 Å². The molecule has 4 heteroatoms. The molecular weight excluding hydrogens is 302 g/mol. The molecule has 0 aliphatic carbocycles. The monoisotopic (exact) mass is 323 g/mol. The van der Waals surface area contributed by atoms with Gasteiger partial charge in [0.25, 0.3) is 0 Å². The molecule has 0 unspecified atom stereocenters. The first-order valence-corrected chi connectivity index (χ1v) is 9.02. The highest BCUT2D eigenvalue weighted by molar-refractivity contribution is 7.09. The maximum atomic E-state index is 4.51. The summed E-state index contributed by atoms with van der Waals surface area (Å²) < 4.78 is 0. The van der Waals surface area contributed by atoms with Crippen LogP contribution in [0, 0.1) is 6.92 Å². The fourth-order valence-electron chi connectivity index (χ4n) is 3.29. The van der Waals surface area contributed by atoms with Gasteiger partial charge in [0.2, 0.25) is 0 Å². The molecule has 1 aliphatic heterocycles. The number of fused-ring (bicyclic) bond motifs is 1. The number of thiophene rings is 1. The number of hydrogen-bond donors (Lipinski definition) is 0. The summed E-state index contributed by atoms with van der Waals surface area (Å²) in [6.45, 7) is 7.63. The number of nitrogens with zero attached hydrogens (tertiary/aromatic N) is 3. The van der Waals surface area contributed by atoms with Gasteiger partial charge in [-0.05, 0) is 36.6 Å². The summed E-state index contributed by atoms with van der Waals surface area (Å²) in [5.74, 6) is 0. The Morgan fingerprint density at radius 3 is 2.74 bits per heavy atom. The van der Waals surface area contributed by atoms with E-state index in [1.54, 1.807) is 0 Å². The third-order valence-corrected chi connectivity index (χ3v) is 5.41. The fraction of sp³-hybridized carbons (Fsp3) is 0.316. The Morgan fingerprint density at radius 1 is 1.09 bits per heavy atom. The Morgan fingerprint density at radius 2 is 1.96 bits per heavy atom. The van der Waals surface area contributed by atoms with Crippen LogP contribution < -0.4 is 4.90 Å². The van der Waals surface area contributed by atoms with Crippen LogP contribution in [0.5, 0.6) is 0 Å². The van der Waals surface area contributed by atoms with Crippen molar-refractivity contribution >= 4 is 27.9 Å². The minimum Gasteiger partial charge on any atom is -0.368 e.